The van der Waals surface area contributed by atoms with E-state index in [1.807, 2.05) is 0 Å². The normalized spacial score (nSPS) is 19.8. The molecule has 0 bridgehead atoms. The van der Waals surface area contributed by atoms with E-state index in [9.17, 15) is 18.8 Å². The quantitative estimate of drug-likeness (QED) is 0.637. The van der Waals surface area contributed by atoms with Crippen LogP contribution in [-0.4, -0.2) is 50.8 Å². The van der Waals surface area contributed by atoms with Gasteiger partial charge in [0.2, 0.25) is 5.91 Å². The molecule has 3 heterocycles. The Bertz CT molecular complexity index is 1260. The average molecular weight is 451 g/mol. The molecule has 2 aliphatic heterocycles. The van der Waals surface area contributed by atoms with Gasteiger partial charge < -0.3 is 15.5 Å². The molecule has 5 rings (SSSR count). The summed E-state index contributed by atoms with van der Waals surface area (Å²) >= 11 is 0.981. The minimum atomic E-state index is -0.850. The summed E-state index contributed by atoms with van der Waals surface area (Å²) in [7, 11) is 0. The van der Waals surface area contributed by atoms with Crippen LogP contribution >= 0.6 is 11.5 Å². The maximum absolute atomic E-state index is 14.3. The van der Waals surface area contributed by atoms with Crippen molar-refractivity contribution in [2.24, 2.45) is 0 Å². The van der Waals surface area contributed by atoms with E-state index in [-0.39, 0.29) is 23.3 Å². The lowest BCUT2D eigenvalue weighted by atomic mass is 10.0. The molecule has 1 aromatic heterocycles. The van der Waals surface area contributed by atoms with Gasteiger partial charge in [0.1, 0.15) is 16.7 Å². The zero-order valence-corrected chi connectivity index (χ0v) is 17.8. The van der Waals surface area contributed by atoms with E-state index < -0.39 is 17.9 Å². The highest BCUT2D eigenvalue weighted by Gasteiger charge is 2.45. The third kappa shape index (κ3) is 3.32. The molecule has 0 saturated carbocycles. The summed E-state index contributed by atoms with van der Waals surface area (Å²) in [4.78, 5) is 40.9. The molecular weight excluding hydrogens is 433 g/mol. The van der Waals surface area contributed by atoms with Crippen molar-refractivity contribution in [3.05, 3.63) is 64.4 Å². The third-order valence-corrected chi connectivity index (χ3v) is 6.62. The van der Waals surface area contributed by atoms with Gasteiger partial charge in [0.25, 0.3) is 11.8 Å². The number of rotatable bonds is 3. The molecule has 10 heteroatoms. The highest BCUT2D eigenvalue weighted by atomic mass is 32.1. The molecule has 2 N–H and O–H groups in total. The number of benzene rings is 2. The summed E-state index contributed by atoms with van der Waals surface area (Å²) in [6.45, 7) is 2.00. The van der Waals surface area contributed by atoms with Crippen LogP contribution in [0.3, 0.4) is 0 Å². The number of halogens is 1. The summed E-state index contributed by atoms with van der Waals surface area (Å²) in [5, 5.41) is 9.50. The first-order chi connectivity index (χ1) is 15.4. The Morgan fingerprint density at radius 1 is 1.22 bits per heavy atom. The average Bonchev–Trinajstić information content (AvgIpc) is 3.37. The Labute approximate surface area is 186 Å². The first-order valence-electron chi connectivity index (χ1n) is 10.0. The molecule has 3 amide bonds. The van der Waals surface area contributed by atoms with Crippen LogP contribution in [0.1, 0.15) is 32.1 Å². The topological polar surface area (TPSA) is 104 Å². The van der Waals surface area contributed by atoms with Gasteiger partial charge in [0.05, 0.1) is 23.0 Å². The first-order valence-corrected chi connectivity index (χ1v) is 10.8. The SMILES string of the molecule is Cc1nnsc1C(=O)N[C@H]1CCN2C(=O)c3cc(-c4ccccc4F)ccc3NC(=O)[C@H]12. The van der Waals surface area contributed by atoms with Gasteiger partial charge in [-0.05, 0) is 48.6 Å². The lowest BCUT2D eigenvalue weighted by Crippen LogP contribution is -2.51. The van der Waals surface area contributed by atoms with Gasteiger partial charge in [-0.3, -0.25) is 14.4 Å². The number of carbonyl (C=O) groups excluding carboxylic acids is 3. The lowest BCUT2D eigenvalue weighted by molar-refractivity contribution is -0.120. The predicted molar refractivity (Wildman–Crippen MR) is 116 cm³/mol. The predicted octanol–water partition coefficient (Wildman–Crippen LogP) is 2.62. The fourth-order valence-electron chi connectivity index (χ4n) is 4.22. The van der Waals surface area contributed by atoms with Gasteiger partial charge in [-0.25, -0.2) is 4.39 Å². The van der Waals surface area contributed by atoms with Crippen molar-refractivity contribution >= 4 is 34.9 Å². The fraction of sp³-hybridized carbons (Fsp3) is 0.227. The van der Waals surface area contributed by atoms with Gasteiger partial charge in [-0.15, -0.1) is 5.10 Å². The molecule has 0 radical (unpaired) electrons. The number of nitrogens with one attached hydrogen (secondary N) is 2. The molecule has 8 nitrogen and oxygen atoms in total. The van der Waals surface area contributed by atoms with Crippen LogP contribution in [0.25, 0.3) is 11.1 Å². The number of hydrogen-bond acceptors (Lipinski definition) is 6. The van der Waals surface area contributed by atoms with Gasteiger partial charge in [-0.2, -0.15) is 0 Å². The number of anilines is 1. The second-order valence-corrected chi connectivity index (χ2v) is 8.48. The third-order valence-electron chi connectivity index (χ3n) is 5.79. The van der Waals surface area contributed by atoms with Crippen LogP contribution in [0, 0.1) is 12.7 Å². The molecule has 1 fully saturated rings. The van der Waals surface area contributed by atoms with E-state index in [1.165, 1.54) is 11.0 Å². The van der Waals surface area contributed by atoms with Crippen molar-refractivity contribution in [2.45, 2.75) is 25.4 Å². The monoisotopic (exact) mass is 451 g/mol. The Hall–Kier alpha value is -3.66. The van der Waals surface area contributed by atoms with Crippen molar-refractivity contribution in [1.29, 1.82) is 0 Å². The van der Waals surface area contributed by atoms with Crippen molar-refractivity contribution in [3.8, 4) is 11.1 Å². The van der Waals surface area contributed by atoms with Gasteiger partial charge in [0.15, 0.2) is 0 Å². The largest absolute Gasteiger partial charge is 0.346 e. The number of hydrogen-bond donors (Lipinski definition) is 2. The number of nitrogens with zero attached hydrogens (tertiary/aromatic N) is 3. The van der Waals surface area contributed by atoms with Crippen LogP contribution in [0.5, 0.6) is 0 Å². The summed E-state index contributed by atoms with van der Waals surface area (Å²) in [6.07, 6.45) is 0.434. The van der Waals surface area contributed by atoms with E-state index in [2.05, 4.69) is 20.2 Å². The molecular formula is C22H18FN5O3S. The first kappa shape index (κ1) is 20.3. The second kappa shape index (κ2) is 7.79. The standard InChI is InChI=1S/C22H18FN5O3S/c1-11-19(32-27-26-11)21(30)25-17-8-9-28-18(17)20(29)24-16-7-6-12(10-14(16)22(28)31)13-4-2-3-5-15(13)23/h2-7,10,17-18H,8-9H2,1H3,(H,24,29)(H,25,30)/t17-,18-/m0/s1. The molecule has 32 heavy (non-hydrogen) atoms. The van der Waals surface area contributed by atoms with Crippen LogP contribution < -0.4 is 10.6 Å². The summed E-state index contributed by atoms with van der Waals surface area (Å²) in [5.74, 6) is -1.48. The molecule has 0 aliphatic carbocycles. The lowest BCUT2D eigenvalue weighted by Gasteiger charge is -2.24. The second-order valence-electron chi connectivity index (χ2n) is 7.73. The zero-order valence-electron chi connectivity index (χ0n) is 17.0. The molecule has 3 aromatic rings. The van der Waals surface area contributed by atoms with E-state index in [0.717, 1.165) is 11.5 Å². The maximum atomic E-state index is 14.3. The number of amides is 3. The molecule has 1 saturated heterocycles. The van der Waals surface area contributed by atoms with Gasteiger partial charge >= 0.3 is 0 Å². The van der Waals surface area contributed by atoms with Crippen LogP contribution in [-0.2, 0) is 4.79 Å². The molecule has 2 aromatic carbocycles. The van der Waals surface area contributed by atoms with Crippen molar-refractivity contribution in [1.82, 2.24) is 19.8 Å². The van der Waals surface area contributed by atoms with Crippen LogP contribution in [0.2, 0.25) is 0 Å². The minimum Gasteiger partial charge on any atom is -0.346 e. The van der Waals surface area contributed by atoms with E-state index in [4.69, 9.17) is 0 Å². The van der Waals surface area contributed by atoms with Crippen molar-refractivity contribution in [3.63, 3.8) is 0 Å². The summed E-state index contributed by atoms with van der Waals surface area (Å²) in [5.41, 5.74) is 2.07. The number of fused-ring (bicyclic) bond motifs is 2. The number of carbonyl (C=O) groups is 3. The van der Waals surface area contributed by atoms with Gasteiger partial charge in [-0.1, -0.05) is 28.8 Å². The zero-order chi connectivity index (χ0) is 22.4. The Morgan fingerprint density at radius 2 is 2.03 bits per heavy atom. The van der Waals surface area contributed by atoms with Crippen molar-refractivity contribution in [2.75, 3.05) is 11.9 Å². The Kier molecular flexibility index (Phi) is 4.93. The highest BCUT2D eigenvalue weighted by molar-refractivity contribution is 7.08. The van der Waals surface area contributed by atoms with Crippen molar-refractivity contribution < 1.29 is 18.8 Å². The number of aryl methyl sites for hydroxylation is 1. The Morgan fingerprint density at radius 3 is 2.78 bits per heavy atom. The van der Waals surface area contributed by atoms with E-state index in [0.29, 0.717) is 40.4 Å². The number of aromatic nitrogens is 2. The molecule has 162 valence electrons. The highest BCUT2D eigenvalue weighted by Crippen LogP contribution is 2.33. The maximum Gasteiger partial charge on any atom is 0.265 e. The fourth-order valence-corrected chi connectivity index (χ4v) is 4.78. The summed E-state index contributed by atoms with van der Waals surface area (Å²) < 4.78 is 18.0. The van der Waals surface area contributed by atoms with Gasteiger partial charge in [0, 0.05) is 12.1 Å². The van der Waals surface area contributed by atoms with Crippen LogP contribution in [0.4, 0.5) is 10.1 Å². The Balaban J connectivity index is 1.45. The van der Waals surface area contributed by atoms with E-state index in [1.54, 1.807) is 43.3 Å². The summed E-state index contributed by atoms with van der Waals surface area (Å²) in [6, 6.07) is 9.78. The smallest absolute Gasteiger partial charge is 0.265 e. The molecule has 0 spiro atoms. The van der Waals surface area contributed by atoms with Crippen LogP contribution in [0.15, 0.2) is 42.5 Å². The minimum absolute atomic E-state index is 0.288. The molecule has 0 unspecified atom stereocenters. The molecule has 2 aliphatic rings. The molecule has 2 atom stereocenters. The van der Waals surface area contributed by atoms with E-state index >= 15 is 0 Å².